The minimum absolute atomic E-state index is 0.00413. The third kappa shape index (κ3) is 5.17. The van der Waals surface area contributed by atoms with Crippen molar-refractivity contribution in [3.05, 3.63) is 52.7 Å². The van der Waals surface area contributed by atoms with Crippen molar-refractivity contribution in [1.29, 1.82) is 0 Å². The third-order valence-electron chi connectivity index (χ3n) is 4.71. The van der Waals surface area contributed by atoms with Gasteiger partial charge >= 0.3 is 0 Å². The summed E-state index contributed by atoms with van der Waals surface area (Å²) in [7, 11) is 0. The lowest BCUT2D eigenvalue weighted by Gasteiger charge is -2.26. The molecule has 9 nitrogen and oxygen atoms in total. The smallest absolute Gasteiger partial charge is 0.280 e. The maximum absolute atomic E-state index is 12.7. The van der Waals surface area contributed by atoms with Crippen molar-refractivity contribution in [3.63, 3.8) is 0 Å². The van der Waals surface area contributed by atoms with Crippen LogP contribution in [0.2, 0.25) is 0 Å². The van der Waals surface area contributed by atoms with Crippen LogP contribution in [0.5, 0.6) is 5.88 Å². The largest absolute Gasteiger partial charge is 0.470 e. The number of fused-ring (bicyclic) bond motifs is 1. The van der Waals surface area contributed by atoms with Crippen molar-refractivity contribution >= 4 is 11.6 Å². The number of alkyl halides is 2. The number of hydrogen-bond donors (Lipinski definition) is 3. The van der Waals surface area contributed by atoms with Crippen LogP contribution in [0.25, 0.3) is 0 Å². The Balaban J connectivity index is 1.68. The molecule has 0 saturated carbocycles. The lowest BCUT2D eigenvalue weighted by molar-refractivity contribution is -0.129. The Bertz CT molecular complexity index is 935. The van der Waals surface area contributed by atoms with Crippen LogP contribution in [0.1, 0.15) is 37.2 Å². The molecule has 0 bridgehead atoms. The van der Waals surface area contributed by atoms with E-state index in [9.17, 15) is 13.6 Å². The Hall–Kier alpha value is -3.34. The van der Waals surface area contributed by atoms with Gasteiger partial charge in [0.25, 0.3) is 6.43 Å². The molecule has 2 aromatic heterocycles. The zero-order valence-corrected chi connectivity index (χ0v) is 16.7. The van der Waals surface area contributed by atoms with Crippen LogP contribution in [0.15, 0.2) is 35.8 Å². The number of nitrogens with one attached hydrogen (secondary N) is 2. The molecule has 2 aromatic rings. The molecule has 30 heavy (non-hydrogen) atoms. The van der Waals surface area contributed by atoms with E-state index in [-0.39, 0.29) is 18.2 Å². The van der Waals surface area contributed by atoms with Crippen LogP contribution in [0.3, 0.4) is 0 Å². The quantitative estimate of drug-likeness (QED) is 0.460. The van der Waals surface area contributed by atoms with Gasteiger partial charge in [-0.1, -0.05) is 0 Å². The Morgan fingerprint density at radius 2 is 2.13 bits per heavy atom. The lowest BCUT2D eigenvalue weighted by Crippen LogP contribution is -2.35. The number of nitrogens with zero attached hydrogens (tertiary/aromatic N) is 4. The molecule has 3 heterocycles. The fourth-order valence-corrected chi connectivity index (χ4v) is 2.89. The highest BCUT2D eigenvalue weighted by Gasteiger charge is 2.20. The highest BCUT2D eigenvalue weighted by atomic mass is 19.3. The van der Waals surface area contributed by atoms with Crippen molar-refractivity contribution < 1.29 is 18.3 Å². The predicted molar refractivity (Wildman–Crippen MR) is 105 cm³/mol. The molecule has 1 amide bonds. The molecule has 0 unspecified atom stereocenters. The number of halogens is 2. The summed E-state index contributed by atoms with van der Waals surface area (Å²) >= 11 is 0. The molecule has 0 radical (unpaired) electrons. The van der Waals surface area contributed by atoms with Gasteiger partial charge in [-0.15, -0.1) is 10.2 Å². The number of nitrogens with two attached hydrogens (primary N) is 1. The number of aromatic nitrogens is 3. The molecule has 0 spiro atoms. The van der Waals surface area contributed by atoms with Crippen LogP contribution in [-0.4, -0.2) is 39.1 Å². The standard InChI is InChI=1S/C19H23F2N7O2/c1-11(25-22)17(24-14-3-4-15(19(20)21)23-8-14)10-30-18-7-13-5-6-28(12(2)29)9-16(13)26-27-18/h3-4,7-8,19,24-25H,5-6,9-10,22H2,1-2H3/b17-11-. The highest BCUT2D eigenvalue weighted by Crippen LogP contribution is 2.21. The van der Waals surface area contributed by atoms with Crippen molar-refractivity contribution in [2.75, 3.05) is 18.5 Å². The van der Waals surface area contributed by atoms with Crippen LogP contribution >= 0.6 is 0 Å². The Morgan fingerprint density at radius 1 is 1.33 bits per heavy atom. The number of carbonyl (C=O) groups is 1. The summed E-state index contributed by atoms with van der Waals surface area (Å²) in [5.41, 5.74) is 5.65. The SMILES string of the molecule is CC(=O)N1CCc2cc(OC/C(Nc3ccc(C(F)F)nc3)=C(\C)NN)nnc2C1. The van der Waals surface area contributed by atoms with E-state index in [1.807, 2.05) is 6.07 Å². The van der Waals surface area contributed by atoms with Gasteiger partial charge in [-0.3, -0.25) is 15.6 Å². The number of carbonyl (C=O) groups excluding carboxylic acids is 1. The molecule has 0 aliphatic carbocycles. The molecule has 0 aromatic carbocycles. The van der Waals surface area contributed by atoms with Gasteiger partial charge in [0.2, 0.25) is 11.8 Å². The summed E-state index contributed by atoms with van der Waals surface area (Å²) in [6.07, 6.45) is -0.646. The van der Waals surface area contributed by atoms with Crippen molar-refractivity contribution in [1.82, 2.24) is 25.5 Å². The molecular weight excluding hydrogens is 396 g/mol. The summed E-state index contributed by atoms with van der Waals surface area (Å²) in [6, 6.07) is 4.55. The molecule has 1 aliphatic rings. The van der Waals surface area contributed by atoms with Gasteiger partial charge in [0, 0.05) is 25.2 Å². The second-order valence-corrected chi connectivity index (χ2v) is 6.78. The number of anilines is 1. The first-order chi connectivity index (χ1) is 14.4. The van der Waals surface area contributed by atoms with Crippen molar-refractivity contribution in [2.45, 2.75) is 33.2 Å². The molecule has 4 N–H and O–H groups in total. The predicted octanol–water partition coefficient (Wildman–Crippen LogP) is 1.90. The number of amides is 1. The first-order valence-electron chi connectivity index (χ1n) is 9.28. The van der Waals surface area contributed by atoms with Gasteiger partial charge < -0.3 is 20.4 Å². The summed E-state index contributed by atoms with van der Waals surface area (Å²) in [6.45, 7) is 4.41. The van der Waals surface area contributed by atoms with Gasteiger partial charge in [-0.05, 0) is 31.0 Å². The Kier molecular flexibility index (Phi) is 6.72. The molecule has 11 heteroatoms. The topological polar surface area (TPSA) is 118 Å². The number of allylic oxidation sites excluding steroid dienone is 1. The van der Waals surface area contributed by atoms with Gasteiger partial charge in [-0.25, -0.2) is 8.78 Å². The molecule has 0 atom stereocenters. The molecule has 3 rings (SSSR count). The molecule has 0 saturated heterocycles. The van der Waals surface area contributed by atoms with E-state index in [0.29, 0.717) is 42.5 Å². The normalized spacial score (nSPS) is 14.1. The van der Waals surface area contributed by atoms with Crippen LogP contribution in [0, 0.1) is 0 Å². The molecule has 0 fully saturated rings. The van der Waals surface area contributed by atoms with E-state index in [0.717, 1.165) is 11.3 Å². The Labute approximate surface area is 172 Å². The summed E-state index contributed by atoms with van der Waals surface area (Å²) in [5.74, 6) is 5.85. The van der Waals surface area contributed by atoms with Crippen LogP contribution in [0.4, 0.5) is 14.5 Å². The second-order valence-electron chi connectivity index (χ2n) is 6.78. The fraction of sp³-hybridized carbons (Fsp3) is 0.368. The maximum atomic E-state index is 12.7. The van der Waals surface area contributed by atoms with E-state index in [1.165, 1.54) is 25.3 Å². The average molecular weight is 419 g/mol. The molecule has 1 aliphatic heterocycles. The number of hydrazine groups is 1. The third-order valence-corrected chi connectivity index (χ3v) is 4.71. The van der Waals surface area contributed by atoms with E-state index >= 15 is 0 Å². The van der Waals surface area contributed by atoms with E-state index in [4.69, 9.17) is 10.6 Å². The van der Waals surface area contributed by atoms with Gasteiger partial charge in [-0.2, -0.15) is 0 Å². The summed E-state index contributed by atoms with van der Waals surface area (Å²) in [4.78, 5) is 17.0. The highest BCUT2D eigenvalue weighted by molar-refractivity contribution is 5.73. The van der Waals surface area contributed by atoms with Gasteiger partial charge in [0.05, 0.1) is 29.8 Å². The van der Waals surface area contributed by atoms with Crippen molar-refractivity contribution in [2.24, 2.45) is 5.84 Å². The molecular formula is C19H23F2N7O2. The van der Waals surface area contributed by atoms with Gasteiger partial charge in [0.1, 0.15) is 12.3 Å². The number of ether oxygens (including phenoxy) is 1. The van der Waals surface area contributed by atoms with E-state index < -0.39 is 6.43 Å². The Morgan fingerprint density at radius 3 is 2.77 bits per heavy atom. The number of pyridine rings is 1. The summed E-state index contributed by atoms with van der Waals surface area (Å²) < 4.78 is 31.1. The lowest BCUT2D eigenvalue weighted by atomic mass is 10.1. The zero-order chi connectivity index (χ0) is 21.7. The van der Waals surface area contributed by atoms with Crippen LogP contribution < -0.4 is 21.3 Å². The fourth-order valence-electron chi connectivity index (χ4n) is 2.89. The minimum atomic E-state index is -2.63. The molecule has 160 valence electrons. The zero-order valence-electron chi connectivity index (χ0n) is 16.7. The first kappa shape index (κ1) is 21.4. The maximum Gasteiger partial charge on any atom is 0.280 e. The monoisotopic (exact) mass is 419 g/mol. The van der Waals surface area contributed by atoms with E-state index in [2.05, 4.69) is 25.9 Å². The first-order valence-corrected chi connectivity index (χ1v) is 9.28. The average Bonchev–Trinajstić information content (AvgIpc) is 2.75. The second kappa shape index (κ2) is 9.44. The van der Waals surface area contributed by atoms with Gasteiger partial charge in [0.15, 0.2) is 0 Å². The van der Waals surface area contributed by atoms with Crippen LogP contribution in [-0.2, 0) is 17.8 Å². The minimum Gasteiger partial charge on any atom is -0.470 e. The van der Waals surface area contributed by atoms with Crippen molar-refractivity contribution in [3.8, 4) is 5.88 Å². The number of rotatable bonds is 7. The number of hydrogen-bond acceptors (Lipinski definition) is 8. The van der Waals surface area contributed by atoms with E-state index in [1.54, 1.807) is 11.8 Å². The summed E-state index contributed by atoms with van der Waals surface area (Å²) in [5, 5.41) is 11.3.